The van der Waals surface area contributed by atoms with E-state index in [4.69, 9.17) is 0 Å². The number of non-ortho nitro benzene ring substituents is 1. The lowest BCUT2D eigenvalue weighted by molar-refractivity contribution is -0.384. The minimum absolute atomic E-state index is 0.0218. The Bertz CT molecular complexity index is 668. The maximum absolute atomic E-state index is 13.0. The van der Waals surface area contributed by atoms with Gasteiger partial charge in [-0.25, -0.2) is 8.42 Å². The Morgan fingerprint density at radius 3 is 2.48 bits per heavy atom. The second-order valence-corrected chi connectivity index (χ2v) is 8.02. The van der Waals surface area contributed by atoms with Gasteiger partial charge in [0.25, 0.3) is 5.69 Å². The third-order valence-electron chi connectivity index (χ3n) is 4.72. The van der Waals surface area contributed by atoms with Crippen molar-refractivity contribution in [1.29, 1.82) is 0 Å². The van der Waals surface area contributed by atoms with Crippen molar-refractivity contribution in [3.63, 3.8) is 0 Å². The number of nitro benzene ring substituents is 1. The van der Waals surface area contributed by atoms with Crippen LogP contribution in [0.1, 0.15) is 32.1 Å². The van der Waals surface area contributed by atoms with Crippen LogP contribution in [-0.2, 0) is 10.0 Å². The summed E-state index contributed by atoms with van der Waals surface area (Å²) in [7, 11) is -3.62. The lowest BCUT2D eigenvalue weighted by Crippen LogP contribution is -2.52. The molecule has 2 heterocycles. The summed E-state index contributed by atoms with van der Waals surface area (Å²) in [6.07, 6.45) is 4.83. The number of sulfonamides is 1. The van der Waals surface area contributed by atoms with Crippen molar-refractivity contribution in [3.8, 4) is 0 Å². The number of nitro groups is 1. The quantitative estimate of drug-likeness (QED) is 0.668. The number of piperidine rings is 1. The summed E-state index contributed by atoms with van der Waals surface area (Å²) in [5.74, 6) is 0. The number of hydrogen-bond donors (Lipinski definition) is 1. The highest BCUT2D eigenvalue weighted by molar-refractivity contribution is 7.89. The van der Waals surface area contributed by atoms with Crippen molar-refractivity contribution in [2.45, 2.75) is 49.1 Å². The van der Waals surface area contributed by atoms with Crippen LogP contribution in [0, 0.1) is 10.1 Å². The molecule has 7 nitrogen and oxygen atoms in total. The molecule has 0 radical (unpaired) electrons. The third kappa shape index (κ3) is 3.24. The topological polar surface area (TPSA) is 92.5 Å². The third-order valence-corrected chi connectivity index (χ3v) is 6.65. The lowest BCUT2D eigenvalue weighted by Gasteiger charge is -2.38. The lowest BCUT2D eigenvalue weighted by atomic mass is 9.97. The van der Waals surface area contributed by atoms with E-state index < -0.39 is 14.9 Å². The fraction of sp³-hybridized carbons (Fsp3) is 0.600. The van der Waals surface area contributed by atoms with E-state index in [1.807, 2.05) is 0 Å². The summed E-state index contributed by atoms with van der Waals surface area (Å²) in [6, 6.07) is 5.36. The highest BCUT2D eigenvalue weighted by atomic mass is 32.2. The van der Waals surface area contributed by atoms with Gasteiger partial charge in [0, 0.05) is 30.8 Å². The first-order valence-corrected chi connectivity index (χ1v) is 9.44. The molecule has 2 aliphatic rings. The van der Waals surface area contributed by atoms with E-state index in [0.29, 0.717) is 6.54 Å². The summed E-state index contributed by atoms with van der Waals surface area (Å²) < 4.78 is 27.5. The predicted octanol–water partition coefficient (Wildman–Crippen LogP) is 1.89. The van der Waals surface area contributed by atoms with E-state index >= 15 is 0 Å². The molecule has 2 atom stereocenters. The fourth-order valence-corrected chi connectivity index (χ4v) is 5.28. The highest BCUT2D eigenvalue weighted by Crippen LogP contribution is 2.30. The minimum atomic E-state index is -3.62. The molecule has 1 aromatic rings. The molecular formula is C15H21N3O4S. The number of benzene rings is 1. The fourth-order valence-electron chi connectivity index (χ4n) is 3.55. The van der Waals surface area contributed by atoms with Gasteiger partial charge < -0.3 is 5.32 Å². The van der Waals surface area contributed by atoms with Gasteiger partial charge in [-0.3, -0.25) is 10.1 Å². The molecule has 0 amide bonds. The number of nitrogens with zero attached hydrogens (tertiary/aromatic N) is 2. The second-order valence-electron chi connectivity index (χ2n) is 6.13. The zero-order chi connectivity index (χ0) is 16.4. The summed E-state index contributed by atoms with van der Waals surface area (Å²) >= 11 is 0. The van der Waals surface area contributed by atoms with Crippen LogP contribution in [0.15, 0.2) is 29.2 Å². The molecule has 0 bridgehead atoms. The van der Waals surface area contributed by atoms with E-state index in [1.54, 1.807) is 4.31 Å². The van der Waals surface area contributed by atoms with E-state index in [0.717, 1.165) is 38.6 Å². The number of rotatable bonds is 4. The molecule has 2 fully saturated rings. The average molecular weight is 339 g/mol. The Morgan fingerprint density at radius 1 is 1.13 bits per heavy atom. The minimum Gasteiger partial charge on any atom is -0.312 e. The van der Waals surface area contributed by atoms with Gasteiger partial charge >= 0.3 is 0 Å². The van der Waals surface area contributed by atoms with Crippen LogP contribution in [0.2, 0.25) is 0 Å². The average Bonchev–Trinajstić information content (AvgIpc) is 3.09. The molecule has 0 spiro atoms. The van der Waals surface area contributed by atoms with Crippen LogP contribution in [-0.4, -0.2) is 42.8 Å². The van der Waals surface area contributed by atoms with E-state index in [9.17, 15) is 18.5 Å². The van der Waals surface area contributed by atoms with Crippen LogP contribution in [0.25, 0.3) is 0 Å². The van der Waals surface area contributed by atoms with Gasteiger partial charge in [-0.2, -0.15) is 4.31 Å². The summed E-state index contributed by atoms with van der Waals surface area (Å²) in [5.41, 5.74) is -0.100. The molecule has 1 N–H and O–H groups in total. The molecule has 2 unspecified atom stereocenters. The van der Waals surface area contributed by atoms with Gasteiger partial charge in [0.15, 0.2) is 0 Å². The zero-order valence-corrected chi connectivity index (χ0v) is 13.7. The number of hydrogen-bond acceptors (Lipinski definition) is 5. The molecule has 23 heavy (non-hydrogen) atoms. The standard InChI is InChI=1S/C15H21N3O4S/c19-18(20)12-6-8-13(9-7-12)23(21,22)17-11-2-1-5-15(17)14-4-3-10-16-14/h6-9,14-16H,1-5,10-11H2. The van der Waals surface area contributed by atoms with Crippen molar-refractivity contribution in [2.24, 2.45) is 0 Å². The smallest absolute Gasteiger partial charge is 0.269 e. The van der Waals surface area contributed by atoms with Crippen molar-refractivity contribution >= 4 is 15.7 Å². The molecule has 126 valence electrons. The van der Waals surface area contributed by atoms with Crippen molar-refractivity contribution in [2.75, 3.05) is 13.1 Å². The molecule has 8 heteroatoms. The van der Waals surface area contributed by atoms with Crippen LogP contribution in [0.4, 0.5) is 5.69 Å². The monoisotopic (exact) mass is 339 g/mol. The van der Waals surface area contributed by atoms with Gasteiger partial charge in [-0.05, 0) is 44.4 Å². The molecule has 1 aromatic carbocycles. The summed E-state index contributed by atoms with van der Waals surface area (Å²) in [5, 5.41) is 14.1. The van der Waals surface area contributed by atoms with Crippen molar-refractivity contribution in [3.05, 3.63) is 34.4 Å². The van der Waals surface area contributed by atoms with E-state index in [2.05, 4.69) is 5.32 Å². The van der Waals surface area contributed by atoms with Crippen LogP contribution >= 0.6 is 0 Å². The molecule has 2 saturated heterocycles. The molecular weight excluding hydrogens is 318 g/mol. The first-order valence-electron chi connectivity index (χ1n) is 8.00. The van der Waals surface area contributed by atoms with Crippen molar-refractivity contribution < 1.29 is 13.3 Å². The largest absolute Gasteiger partial charge is 0.312 e. The normalized spacial score (nSPS) is 26.3. The Hall–Kier alpha value is -1.51. The Balaban J connectivity index is 1.88. The maximum Gasteiger partial charge on any atom is 0.269 e. The Morgan fingerprint density at radius 2 is 1.87 bits per heavy atom. The molecule has 0 aliphatic carbocycles. The van der Waals surface area contributed by atoms with E-state index in [1.165, 1.54) is 24.3 Å². The van der Waals surface area contributed by atoms with Crippen LogP contribution < -0.4 is 5.32 Å². The predicted molar refractivity (Wildman–Crippen MR) is 85.7 cm³/mol. The molecule has 3 rings (SSSR count). The van der Waals surface area contributed by atoms with Gasteiger partial charge in [0.05, 0.1) is 9.82 Å². The second kappa shape index (κ2) is 6.54. The molecule has 2 aliphatic heterocycles. The van der Waals surface area contributed by atoms with E-state index in [-0.39, 0.29) is 22.7 Å². The van der Waals surface area contributed by atoms with Gasteiger partial charge in [-0.1, -0.05) is 6.42 Å². The summed E-state index contributed by atoms with van der Waals surface area (Å²) in [4.78, 5) is 10.3. The highest BCUT2D eigenvalue weighted by Gasteiger charge is 2.38. The SMILES string of the molecule is O=[N+]([O-])c1ccc(S(=O)(=O)N2CCCCC2C2CCCN2)cc1. The van der Waals surface area contributed by atoms with Gasteiger partial charge in [0.1, 0.15) is 0 Å². The van der Waals surface area contributed by atoms with Crippen molar-refractivity contribution in [1.82, 2.24) is 9.62 Å². The first kappa shape index (κ1) is 16.4. The van der Waals surface area contributed by atoms with Gasteiger partial charge in [-0.15, -0.1) is 0 Å². The Labute approximate surface area is 135 Å². The maximum atomic E-state index is 13.0. The zero-order valence-electron chi connectivity index (χ0n) is 12.8. The van der Waals surface area contributed by atoms with Crippen LogP contribution in [0.3, 0.4) is 0 Å². The number of nitrogens with one attached hydrogen (secondary N) is 1. The Kier molecular flexibility index (Phi) is 4.65. The molecule has 0 saturated carbocycles. The first-order chi connectivity index (χ1) is 11.0. The summed E-state index contributed by atoms with van der Waals surface area (Å²) in [6.45, 7) is 1.45. The van der Waals surface area contributed by atoms with Gasteiger partial charge in [0.2, 0.25) is 10.0 Å². The molecule has 0 aromatic heterocycles. The van der Waals surface area contributed by atoms with Crippen LogP contribution in [0.5, 0.6) is 0 Å².